The van der Waals surface area contributed by atoms with Crippen LogP contribution in [0.1, 0.15) is 40.2 Å². The molecule has 0 fully saturated rings. The molecule has 2 aromatic heterocycles. The largest absolute Gasteiger partial charge is 0.467 e. The molecule has 0 spiro atoms. The minimum atomic E-state index is -4.54. The third-order valence-electron chi connectivity index (χ3n) is 4.82. The van der Waals surface area contributed by atoms with Crippen LogP contribution in [0.4, 0.5) is 24.7 Å². The summed E-state index contributed by atoms with van der Waals surface area (Å²) in [5.41, 5.74) is 1.22. The minimum Gasteiger partial charge on any atom is -0.467 e. The van der Waals surface area contributed by atoms with E-state index in [1.165, 1.54) is 6.26 Å². The number of alkyl halides is 3. The zero-order valence-corrected chi connectivity index (χ0v) is 15.9. The van der Waals surface area contributed by atoms with Gasteiger partial charge in [0.2, 0.25) is 0 Å². The number of hydrogen-bond acceptors (Lipinski definition) is 4. The van der Waals surface area contributed by atoms with E-state index in [1.807, 2.05) is 0 Å². The summed E-state index contributed by atoms with van der Waals surface area (Å²) in [6, 6.07) is 5.53. The fourth-order valence-corrected chi connectivity index (χ4v) is 3.50. The summed E-state index contributed by atoms with van der Waals surface area (Å²) in [4.78, 5) is 12.8. The lowest BCUT2D eigenvalue weighted by atomic mass is 10.0. The zero-order valence-electron chi connectivity index (χ0n) is 15.1. The number of furan rings is 1. The van der Waals surface area contributed by atoms with Gasteiger partial charge in [-0.05, 0) is 36.8 Å². The molecular formula is C19H16ClF3N4O2. The molecule has 0 radical (unpaired) electrons. The highest BCUT2D eigenvalue weighted by Gasteiger charge is 2.47. The number of carbonyl (C=O) groups excluding carboxylic acids is 1. The van der Waals surface area contributed by atoms with Crippen molar-refractivity contribution in [1.82, 2.24) is 9.78 Å². The molecule has 0 aliphatic carbocycles. The summed E-state index contributed by atoms with van der Waals surface area (Å²) in [6.45, 7) is 1.78. The van der Waals surface area contributed by atoms with Crippen molar-refractivity contribution < 1.29 is 22.4 Å². The van der Waals surface area contributed by atoms with Crippen molar-refractivity contribution in [3.63, 3.8) is 0 Å². The number of anilines is 2. The van der Waals surface area contributed by atoms with Gasteiger partial charge in [0.05, 0.1) is 18.5 Å². The highest BCUT2D eigenvalue weighted by atomic mass is 35.5. The number of benzene rings is 1. The van der Waals surface area contributed by atoms with Crippen molar-refractivity contribution in [2.24, 2.45) is 0 Å². The molecule has 0 bridgehead atoms. The van der Waals surface area contributed by atoms with E-state index >= 15 is 0 Å². The van der Waals surface area contributed by atoms with E-state index in [-0.39, 0.29) is 17.8 Å². The smallest absolute Gasteiger partial charge is 0.410 e. The predicted molar refractivity (Wildman–Crippen MR) is 101 cm³/mol. The van der Waals surface area contributed by atoms with Gasteiger partial charge in [-0.15, -0.1) is 0 Å². The van der Waals surface area contributed by atoms with Crippen molar-refractivity contribution in [2.75, 3.05) is 10.6 Å². The Bertz CT molecular complexity index is 1050. The van der Waals surface area contributed by atoms with Crippen molar-refractivity contribution in [3.05, 3.63) is 64.7 Å². The molecule has 1 aliphatic heterocycles. The Balaban J connectivity index is 1.70. The molecule has 2 atom stereocenters. The molecule has 0 saturated heterocycles. The van der Waals surface area contributed by atoms with Gasteiger partial charge in [-0.3, -0.25) is 4.79 Å². The number of hydrogen-bond donors (Lipinski definition) is 2. The lowest BCUT2D eigenvalue weighted by molar-refractivity contribution is -0.174. The molecule has 1 aromatic carbocycles. The summed E-state index contributed by atoms with van der Waals surface area (Å²) in [5.74, 6) is -0.258. The van der Waals surface area contributed by atoms with Gasteiger partial charge in [0.25, 0.3) is 5.91 Å². The second-order valence-electron chi connectivity index (χ2n) is 6.77. The van der Waals surface area contributed by atoms with Gasteiger partial charge in [0.15, 0.2) is 6.04 Å². The first kappa shape index (κ1) is 19.4. The van der Waals surface area contributed by atoms with Crippen LogP contribution in [0.2, 0.25) is 5.02 Å². The van der Waals surface area contributed by atoms with Crippen LogP contribution in [0.15, 0.2) is 47.2 Å². The molecule has 0 unspecified atom stereocenters. The van der Waals surface area contributed by atoms with Gasteiger partial charge >= 0.3 is 6.18 Å². The topological polar surface area (TPSA) is 72.1 Å². The fourth-order valence-electron chi connectivity index (χ4n) is 3.32. The lowest BCUT2D eigenvalue weighted by Crippen LogP contribution is -2.36. The Labute approximate surface area is 168 Å². The normalized spacial score (nSPS) is 18.8. The quantitative estimate of drug-likeness (QED) is 0.594. The summed E-state index contributed by atoms with van der Waals surface area (Å²) < 4.78 is 47.0. The minimum absolute atomic E-state index is 0.00474. The van der Waals surface area contributed by atoms with E-state index < -0.39 is 24.2 Å². The van der Waals surface area contributed by atoms with Gasteiger partial charge < -0.3 is 15.1 Å². The van der Waals surface area contributed by atoms with Gasteiger partial charge in [0, 0.05) is 17.1 Å². The molecule has 0 saturated carbocycles. The summed E-state index contributed by atoms with van der Waals surface area (Å²) >= 11 is 5.97. The number of rotatable bonds is 3. The molecule has 3 aromatic rings. The number of nitrogens with one attached hydrogen (secondary N) is 2. The summed E-state index contributed by atoms with van der Waals surface area (Å²) in [6.07, 6.45) is -2.33. The van der Waals surface area contributed by atoms with Crippen LogP contribution in [0.3, 0.4) is 0 Å². The molecule has 1 amide bonds. The molecule has 152 valence electrons. The molecule has 4 rings (SSSR count). The number of halogens is 4. The third kappa shape index (κ3) is 3.69. The number of fused-ring (bicyclic) bond motifs is 1. The maximum Gasteiger partial charge on any atom is 0.410 e. The molecule has 3 heterocycles. The van der Waals surface area contributed by atoms with Crippen molar-refractivity contribution in [2.45, 2.75) is 31.6 Å². The van der Waals surface area contributed by atoms with Crippen LogP contribution in [0.25, 0.3) is 0 Å². The molecular weight excluding hydrogens is 409 g/mol. The van der Waals surface area contributed by atoms with Crippen LogP contribution >= 0.6 is 11.6 Å². The van der Waals surface area contributed by atoms with Gasteiger partial charge in [-0.1, -0.05) is 17.7 Å². The third-order valence-corrected chi connectivity index (χ3v) is 5.05. The molecule has 1 aliphatic rings. The summed E-state index contributed by atoms with van der Waals surface area (Å²) in [5, 5.41) is 9.91. The fraction of sp³-hybridized carbons (Fsp3) is 0.263. The van der Waals surface area contributed by atoms with Gasteiger partial charge in [-0.2, -0.15) is 18.3 Å². The van der Waals surface area contributed by atoms with Crippen molar-refractivity contribution >= 4 is 29.0 Å². The lowest BCUT2D eigenvalue weighted by Gasteiger charge is -2.32. The number of carbonyl (C=O) groups is 1. The molecule has 29 heavy (non-hydrogen) atoms. The van der Waals surface area contributed by atoms with Crippen LogP contribution in [0, 0.1) is 6.92 Å². The average Bonchev–Trinajstić information content (AvgIpc) is 3.32. The zero-order chi connectivity index (χ0) is 20.8. The Morgan fingerprint density at radius 1 is 1.38 bits per heavy atom. The number of aryl methyl sites for hydroxylation is 1. The Morgan fingerprint density at radius 2 is 2.17 bits per heavy atom. The number of amides is 1. The summed E-state index contributed by atoms with van der Waals surface area (Å²) in [7, 11) is 0. The molecule has 2 N–H and O–H groups in total. The predicted octanol–water partition coefficient (Wildman–Crippen LogP) is 5.35. The average molecular weight is 425 g/mol. The maximum atomic E-state index is 13.7. The standard InChI is InChI=1S/C19H16ClF3N4O2/c1-10-4-5-11(20)7-13(10)26-18(28)12-9-24-27-16(19(21,22)23)8-14(25-17(12)27)15-3-2-6-29-15/h2-7,9,14,16,25H,8H2,1H3,(H,26,28)/t14-,16-/m0/s1. The monoisotopic (exact) mass is 424 g/mol. The van der Waals surface area contributed by atoms with Crippen LogP contribution in [-0.4, -0.2) is 21.9 Å². The number of nitrogens with zero attached hydrogens (tertiary/aromatic N) is 2. The van der Waals surface area contributed by atoms with Gasteiger partial charge in [0.1, 0.15) is 17.1 Å². The Hall–Kier alpha value is -2.94. The second kappa shape index (κ2) is 7.14. The van der Waals surface area contributed by atoms with E-state index in [2.05, 4.69) is 15.7 Å². The van der Waals surface area contributed by atoms with Gasteiger partial charge in [-0.25, -0.2) is 4.68 Å². The first-order valence-corrected chi connectivity index (χ1v) is 9.13. The van der Waals surface area contributed by atoms with Crippen molar-refractivity contribution in [3.8, 4) is 0 Å². The molecule has 6 nitrogen and oxygen atoms in total. The highest BCUT2D eigenvalue weighted by Crippen LogP contribution is 2.44. The highest BCUT2D eigenvalue weighted by molar-refractivity contribution is 6.31. The first-order chi connectivity index (χ1) is 13.7. The number of aromatic nitrogens is 2. The van der Waals surface area contributed by atoms with Crippen molar-refractivity contribution in [1.29, 1.82) is 0 Å². The van der Waals surface area contributed by atoms with E-state index in [9.17, 15) is 18.0 Å². The molecule has 10 heteroatoms. The van der Waals surface area contributed by atoms with Crippen LogP contribution in [-0.2, 0) is 0 Å². The Morgan fingerprint density at radius 3 is 2.86 bits per heavy atom. The van der Waals surface area contributed by atoms with Crippen LogP contribution in [0.5, 0.6) is 0 Å². The van der Waals surface area contributed by atoms with E-state index in [1.54, 1.807) is 37.3 Å². The Kier molecular flexibility index (Phi) is 4.77. The van der Waals surface area contributed by atoms with Crippen LogP contribution < -0.4 is 10.6 Å². The van der Waals surface area contributed by atoms with E-state index in [0.717, 1.165) is 16.4 Å². The first-order valence-electron chi connectivity index (χ1n) is 8.75. The van der Waals surface area contributed by atoms with E-state index in [0.29, 0.717) is 16.5 Å². The SMILES string of the molecule is Cc1ccc(Cl)cc1NC(=O)c1cnn2c1N[C@H](c1ccco1)C[C@H]2C(F)(F)F. The maximum absolute atomic E-state index is 13.7. The second-order valence-corrected chi connectivity index (χ2v) is 7.21. The van der Waals surface area contributed by atoms with E-state index in [4.69, 9.17) is 16.0 Å².